The van der Waals surface area contributed by atoms with E-state index < -0.39 is 10.0 Å². The highest BCUT2D eigenvalue weighted by atomic mass is 32.2. The number of carbonyl (C=O) groups excluding carboxylic acids is 1. The van der Waals surface area contributed by atoms with E-state index in [1.165, 1.54) is 10.7 Å². The number of benzene rings is 1. The summed E-state index contributed by atoms with van der Waals surface area (Å²) in [4.78, 5) is 29.6. The Morgan fingerprint density at radius 3 is 2.59 bits per heavy atom. The third-order valence-electron chi connectivity index (χ3n) is 7.43. The number of nitrogens with one attached hydrogen (secondary N) is 1. The van der Waals surface area contributed by atoms with Gasteiger partial charge in [-0.3, -0.25) is 4.79 Å². The molecule has 0 bridgehead atoms. The van der Waals surface area contributed by atoms with E-state index in [-0.39, 0.29) is 16.7 Å². The number of fused-ring (bicyclic) bond motifs is 3. The highest BCUT2D eigenvalue weighted by molar-refractivity contribution is 7.89. The summed E-state index contributed by atoms with van der Waals surface area (Å²) < 4.78 is 29.1. The molecule has 4 heterocycles. The fourth-order valence-corrected chi connectivity index (χ4v) is 6.87. The van der Waals surface area contributed by atoms with Crippen LogP contribution in [0.2, 0.25) is 0 Å². The molecule has 2 aromatic heterocycles. The van der Waals surface area contributed by atoms with Gasteiger partial charge in [-0.25, -0.2) is 23.4 Å². The quantitative estimate of drug-likeness (QED) is 0.503. The molecule has 1 saturated heterocycles. The van der Waals surface area contributed by atoms with E-state index >= 15 is 0 Å². The predicted octanol–water partition coefficient (Wildman–Crippen LogP) is 3.44. The minimum absolute atomic E-state index is 0.0741. The van der Waals surface area contributed by atoms with Gasteiger partial charge in [-0.05, 0) is 49.9 Å². The Morgan fingerprint density at radius 1 is 1.05 bits per heavy atom. The summed E-state index contributed by atoms with van der Waals surface area (Å²) >= 11 is 0. The maximum absolute atomic E-state index is 13.2. The lowest BCUT2D eigenvalue weighted by Crippen LogP contribution is -2.41. The third kappa shape index (κ3) is 5.06. The summed E-state index contributed by atoms with van der Waals surface area (Å²) in [7, 11) is -3.53. The molecular formula is C26H35N7O3S. The lowest BCUT2D eigenvalue weighted by molar-refractivity contribution is -0.120. The number of aromatic nitrogens is 4. The van der Waals surface area contributed by atoms with Crippen molar-refractivity contribution in [3.63, 3.8) is 0 Å². The first-order valence-corrected chi connectivity index (χ1v) is 14.7. The van der Waals surface area contributed by atoms with Crippen molar-refractivity contribution in [3.8, 4) is 0 Å². The highest BCUT2D eigenvalue weighted by Crippen LogP contribution is 2.30. The zero-order valence-electron chi connectivity index (χ0n) is 21.6. The SMILES string of the molecule is CCN(CC)S(=O)(=O)c1ccc(NC(=O)C2CCCN(c3ncnc4c3nc3n4CCCCC3)C2)cc1. The number of hydrogen-bond acceptors (Lipinski definition) is 7. The molecule has 11 heteroatoms. The van der Waals surface area contributed by atoms with Crippen molar-refractivity contribution in [2.75, 3.05) is 36.4 Å². The number of piperidine rings is 1. The van der Waals surface area contributed by atoms with Gasteiger partial charge in [0.25, 0.3) is 0 Å². The summed E-state index contributed by atoms with van der Waals surface area (Å²) in [5.74, 6) is 1.59. The second-order valence-corrected chi connectivity index (χ2v) is 11.7. The highest BCUT2D eigenvalue weighted by Gasteiger charge is 2.29. The summed E-state index contributed by atoms with van der Waals surface area (Å²) in [5.41, 5.74) is 2.29. The lowest BCUT2D eigenvalue weighted by Gasteiger charge is -2.32. The molecular weight excluding hydrogens is 490 g/mol. The first kappa shape index (κ1) is 25.6. The minimum Gasteiger partial charge on any atom is -0.354 e. The fourth-order valence-electron chi connectivity index (χ4n) is 5.41. The van der Waals surface area contributed by atoms with Crippen molar-refractivity contribution in [1.82, 2.24) is 23.8 Å². The monoisotopic (exact) mass is 525 g/mol. The zero-order valence-corrected chi connectivity index (χ0v) is 22.4. The lowest BCUT2D eigenvalue weighted by atomic mass is 9.97. The molecule has 10 nitrogen and oxygen atoms in total. The average molecular weight is 526 g/mol. The van der Waals surface area contributed by atoms with E-state index in [1.807, 2.05) is 13.8 Å². The normalized spacial score (nSPS) is 18.6. The van der Waals surface area contributed by atoms with Crippen LogP contribution in [0, 0.1) is 5.92 Å². The van der Waals surface area contributed by atoms with Gasteiger partial charge < -0.3 is 14.8 Å². The molecule has 198 valence electrons. The molecule has 1 amide bonds. The number of anilines is 2. The van der Waals surface area contributed by atoms with Crippen LogP contribution in [-0.4, -0.2) is 64.3 Å². The van der Waals surface area contributed by atoms with Gasteiger partial charge in [0.2, 0.25) is 15.9 Å². The fraction of sp³-hybridized carbons (Fsp3) is 0.538. The van der Waals surface area contributed by atoms with Crippen molar-refractivity contribution < 1.29 is 13.2 Å². The number of amides is 1. The molecule has 2 aliphatic rings. The molecule has 2 aliphatic heterocycles. The number of rotatable bonds is 7. The van der Waals surface area contributed by atoms with E-state index in [0.29, 0.717) is 25.3 Å². The van der Waals surface area contributed by atoms with Crippen LogP contribution in [0.3, 0.4) is 0 Å². The number of imidazole rings is 1. The Balaban J connectivity index is 1.30. The largest absolute Gasteiger partial charge is 0.354 e. The topological polar surface area (TPSA) is 113 Å². The Kier molecular flexibility index (Phi) is 7.43. The van der Waals surface area contributed by atoms with Crippen LogP contribution in [0.5, 0.6) is 0 Å². The molecule has 37 heavy (non-hydrogen) atoms. The van der Waals surface area contributed by atoms with E-state index in [4.69, 9.17) is 4.98 Å². The molecule has 1 aromatic carbocycles. The molecule has 0 saturated carbocycles. The molecule has 1 N–H and O–H groups in total. The average Bonchev–Trinajstić information content (AvgIpc) is 3.10. The summed E-state index contributed by atoms with van der Waals surface area (Å²) in [6, 6.07) is 6.41. The molecule has 0 radical (unpaired) electrons. The first-order valence-electron chi connectivity index (χ1n) is 13.3. The number of hydrogen-bond donors (Lipinski definition) is 1. The number of sulfonamides is 1. The second kappa shape index (κ2) is 10.7. The van der Waals surface area contributed by atoms with Gasteiger partial charge in [0.1, 0.15) is 12.2 Å². The Morgan fingerprint density at radius 2 is 1.84 bits per heavy atom. The van der Waals surface area contributed by atoms with Gasteiger partial charge in [0.05, 0.1) is 10.8 Å². The van der Waals surface area contributed by atoms with Crippen LogP contribution in [-0.2, 0) is 27.8 Å². The van der Waals surface area contributed by atoms with Crippen molar-refractivity contribution in [3.05, 3.63) is 36.4 Å². The Labute approximate surface area is 218 Å². The van der Waals surface area contributed by atoms with Crippen molar-refractivity contribution >= 4 is 38.6 Å². The van der Waals surface area contributed by atoms with Crippen molar-refractivity contribution in [2.45, 2.75) is 63.8 Å². The molecule has 1 fully saturated rings. The van der Waals surface area contributed by atoms with E-state index in [2.05, 4.69) is 24.8 Å². The maximum atomic E-state index is 13.2. The molecule has 1 atom stereocenters. The van der Waals surface area contributed by atoms with Crippen molar-refractivity contribution in [1.29, 1.82) is 0 Å². The predicted molar refractivity (Wildman–Crippen MR) is 143 cm³/mol. The number of carbonyl (C=O) groups is 1. The molecule has 5 rings (SSSR count). The van der Waals surface area contributed by atoms with Crippen molar-refractivity contribution in [2.24, 2.45) is 5.92 Å². The zero-order chi connectivity index (χ0) is 26.0. The van der Waals surface area contributed by atoms with Gasteiger partial charge in [-0.15, -0.1) is 0 Å². The van der Waals surface area contributed by atoms with Crippen LogP contribution < -0.4 is 10.2 Å². The third-order valence-corrected chi connectivity index (χ3v) is 9.49. The van der Waals surface area contributed by atoms with Gasteiger partial charge >= 0.3 is 0 Å². The van der Waals surface area contributed by atoms with Crippen LogP contribution in [0.4, 0.5) is 11.5 Å². The van der Waals surface area contributed by atoms with E-state index in [9.17, 15) is 13.2 Å². The second-order valence-electron chi connectivity index (χ2n) is 9.75. The smallest absolute Gasteiger partial charge is 0.243 e. The van der Waals surface area contributed by atoms with Crippen LogP contribution in [0.1, 0.15) is 51.8 Å². The summed E-state index contributed by atoms with van der Waals surface area (Å²) in [6.45, 7) is 6.76. The molecule has 0 aliphatic carbocycles. The first-order chi connectivity index (χ1) is 17.9. The van der Waals surface area contributed by atoms with E-state index in [0.717, 1.165) is 68.0 Å². The number of aryl methyl sites for hydroxylation is 2. The van der Waals surface area contributed by atoms with Gasteiger partial charge in [0, 0.05) is 44.8 Å². The standard InChI is InChI=1S/C26H35N7O3S/c1-3-32(4-2)37(35,36)21-13-11-20(12-14-21)29-26(34)19-9-8-15-31(17-19)24-23-25(28-18-27-24)33-16-7-5-6-10-22(33)30-23/h11-14,18-19H,3-10,15-17H2,1-2H3,(H,29,34). The summed E-state index contributed by atoms with van der Waals surface area (Å²) in [6.07, 6.45) is 7.69. The number of nitrogens with zero attached hydrogens (tertiary/aromatic N) is 6. The van der Waals surface area contributed by atoms with Crippen LogP contribution in [0.15, 0.2) is 35.5 Å². The maximum Gasteiger partial charge on any atom is 0.243 e. The summed E-state index contributed by atoms with van der Waals surface area (Å²) in [5, 5.41) is 2.98. The minimum atomic E-state index is -3.53. The van der Waals surface area contributed by atoms with Gasteiger partial charge in [-0.1, -0.05) is 20.3 Å². The van der Waals surface area contributed by atoms with E-state index in [1.54, 1.807) is 30.6 Å². The van der Waals surface area contributed by atoms with Gasteiger partial charge in [-0.2, -0.15) is 4.31 Å². The molecule has 3 aromatic rings. The van der Waals surface area contributed by atoms with Crippen LogP contribution >= 0.6 is 0 Å². The Hall–Kier alpha value is -3.05. The molecule has 0 spiro atoms. The van der Waals surface area contributed by atoms with Crippen LogP contribution in [0.25, 0.3) is 11.2 Å². The van der Waals surface area contributed by atoms with Gasteiger partial charge in [0.15, 0.2) is 17.0 Å². The molecule has 1 unspecified atom stereocenters. The Bertz CT molecular complexity index is 1370.